The molecule has 2 saturated carbocycles. The lowest BCUT2D eigenvalue weighted by Gasteiger charge is -2.39. The van der Waals surface area contributed by atoms with Crippen LogP contribution >= 0.6 is 0 Å². The SMILES string of the molecule is NC1(c2nc(C3(c4ccccc4)CCC3)no2)CCC1. The molecule has 2 fully saturated rings. The van der Waals surface area contributed by atoms with Crippen molar-refractivity contribution in [3.8, 4) is 0 Å². The molecule has 0 unspecified atom stereocenters. The number of benzene rings is 1. The van der Waals surface area contributed by atoms with E-state index in [0.717, 1.165) is 37.9 Å². The first kappa shape index (κ1) is 12.1. The molecule has 0 radical (unpaired) electrons. The van der Waals surface area contributed by atoms with E-state index in [1.165, 1.54) is 12.0 Å². The largest absolute Gasteiger partial charge is 0.337 e. The van der Waals surface area contributed by atoms with Crippen LogP contribution in [0.3, 0.4) is 0 Å². The molecule has 0 saturated heterocycles. The molecule has 0 bridgehead atoms. The fraction of sp³-hybridized carbons (Fsp3) is 0.500. The van der Waals surface area contributed by atoms with E-state index in [9.17, 15) is 0 Å². The predicted octanol–water partition coefficient (Wildman–Crippen LogP) is 2.88. The van der Waals surface area contributed by atoms with E-state index in [1.54, 1.807) is 0 Å². The van der Waals surface area contributed by atoms with Crippen LogP contribution in [-0.4, -0.2) is 10.1 Å². The second-order valence-corrected chi connectivity index (χ2v) is 6.23. The highest BCUT2D eigenvalue weighted by Crippen LogP contribution is 2.48. The summed E-state index contributed by atoms with van der Waals surface area (Å²) in [5.41, 5.74) is 7.15. The molecule has 2 aliphatic carbocycles. The van der Waals surface area contributed by atoms with Gasteiger partial charge in [0.15, 0.2) is 5.82 Å². The summed E-state index contributed by atoms with van der Waals surface area (Å²) in [6, 6.07) is 10.5. The van der Waals surface area contributed by atoms with Crippen molar-refractivity contribution >= 4 is 0 Å². The minimum absolute atomic E-state index is 0.0525. The van der Waals surface area contributed by atoms with Gasteiger partial charge < -0.3 is 10.3 Å². The van der Waals surface area contributed by atoms with Gasteiger partial charge in [0.1, 0.15) is 0 Å². The van der Waals surface area contributed by atoms with Crippen molar-refractivity contribution in [2.75, 3.05) is 0 Å². The molecule has 1 heterocycles. The Morgan fingerprint density at radius 3 is 2.25 bits per heavy atom. The van der Waals surface area contributed by atoms with Crippen LogP contribution in [0.2, 0.25) is 0 Å². The number of hydrogen-bond acceptors (Lipinski definition) is 4. The topological polar surface area (TPSA) is 64.9 Å². The second-order valence-electron chi connectivity index (χ2n) is 6.23. The fourth-order valence-corrected chi connectivity index (χ4v) is 3.32. The summed E-state index contributed by atoms with van der Waals surface area (Å²) >= 11 is 0. The first-order valence-corrected chi connectivity index (χ1v) is 7.42. The fourth-order valence-electron chi connectivity index (χ4n) is 3.32. The molecule has 2 N–H and O–H groups in total. The van der Waals surface area contributed by atoms with Gasteiger partial charge in [-0.2, -0.15) is 4.98 Å². The van der Waals surface area contributed by atoms with Crippen LogP contribution in [0, 0.1) is 0 Å². The minimum Gasteiger partial charge on any atom is -0.337 e. The molecular formula is C16H19N3O. The van der Waals surface area contributed by atoms with Gasteiger partial charge in [0.25, 0.3) is 0 Å². The minimum atomic E-state index is -0.368. The summed E-state index contributed by atoms with van der Waals surface area (Å²) in [5, 5.41) is 4.27. The van der Waals surface area contributed by atoms with Crippen molar-refractivity contribution in [1.82, 2.24) is 10.1 Å². The van der Waals surface area contributed by atoms with E-state index in [2.05, 4.69) is 34.4 Å². The van der Waals surface area contributed by atoms with E-state index in [0.29, 0.717) is 5.89 Å². The summed E-state index contributed by atoms with van der Waals surface area (Å²) in [4.78, 5) is 4.67. The maximum Gasteiger partial charge on any atom is 0.246 e. The third-order valence-electron chi connectivity index (χ3n) is 5.06. The Morgan fingerprint density at radius 1 is 1.00 bits per heavy atom. The van der Waals surface area contributed by atoms with Gasteiger partial charge in [-0.05, 0) is 37.7 Å². The highest BCUT2D eigenvalue weighted by molar-refractivity contribution is 5.35. The van der Waals surface area contributed by atoms with Crippen LogP contribution in [0.25, 0.3) is 0 Å². The van der Waals surface area contributed by atoms with Crippen molar-refractivity contribution in [2.24, 2.45) is 5.73 Å². The monoisotopic (exact) mass is 269 g/mol. The summed E-state index contributed by atoms with van der Waals surface area (Å²) < 4.78 is 5.49. The van der Waals surface area contributed by atoms with Gasteiger partial charge in [-0.25, -0.2) is 0 Å². The molecule has 0 amide bonds. The van der Waals surface area contributed by atoms with Crippen molar-refractivity contribution in [3.05, 3.63) is 47.6 Å². The summed E-state index contributed by atoms with van der Waals surface area (Å²) in [6.45, 7) is 0. The quantitative estimate of drug-likeness (QED) is 0.930. The van der Waals surface area contributed by atoms with E-state index in [-0.39, 0.29) is 11.0 Å². The Bertz CT molecular complexity index is 612. The average Bonchev–Trinajstić information content (AvgIpc) is 2.86. The third kappa shape index (κ3) is 1.57. The van der Waals surface area contributed by atoms with Crippen LogP contribution in [0.1, 0.15) is 55.8 Å². The zero-order chi connectivity index (χ0) is 13.6. The Hall–Kier alpha value is -1.68. The summed E-state index contributed by atoms with van der Waals surface area (Å²) in [6.07, 6.45) is 6.45. The highest BCUT2D eigenvalue weighted by Gasteiger charge is 2.46. The van der Waals surface area contributed by atoms with Crippen molar-refractivity contribution in [1.29, 1.82) is 0 Å². The van der Waals surface area contributed by atoms with E-state index < -0.39 is 0 Å². The van der Waals surface area contributed by atoms with Crippen LogP contribution < -0.4 is 5.73 Å². The van der Waals surface area contributed by atoms with Crippen LogP contribution in [0.4, 0.5) is 0 Å². The normalized spacial score (nSPS) is 22.9. The number of hydrogen-bond donors (Lipinski definition) is 1. The molecule has 0 atom stereocenters. The molecule has 4 heteroatoms. The maximum absolute atomic E-state index is 6.28. The van der Waals surface area contributed by atoms with Gasteiger partial charge in [0, 0.05) is 0 Å². The lowest BCUT2D eigenvalue weighted by Crippen LogP contribution is -2.44. The highest BCUT2D eigenvalue weighted by atomic mass is 16.5. The van der Waals surface area contributed by atoms with Crippen molar-refractivity contribution in [3.63, 3.8) is 0 Å². The molecule has 0 aliphatic heterocycles. The third-order valence-corrected chi connectivity index (χ3v) is 5.06. The van der Waals surface area contributed by atoms with Crippen LogP contribution in [-0.2, 0) is 11.0 Å². The van der Waals surface area contributed by atoms with Gasteiger partial charge in [-0.1, -0.05) is 41.9 Å². The molecule has 20 heavy (non-hydrogen) atoms. The predicted molar refractivity (Wildman–Crippen MR) is 75.1 cm³/mol. The number of aromatic nitrogens is 2. The zero-order valence-corrected chi connectivity index (χ0v) is 11.5. The van der Waals surface area contributed by atoms with Crippen LogP contribution in [0.15, 0.2) is 34.9 Å². The van der Waals surface area contributed by atoms with Crippen molar-refractivity contribution < 1.29 is 4.52 Å². The molecule has 2 aromatic rings. The first-order chi connectivity index (χ1) is 9.73. The van der Waals surface area contributed by atoms with Gasteiger partial charge in [0.2, 0.25) is 5.89 Å². The van der Waals surface area contributed by atoms with E-state index in [1.807, 2.05) is 6.07 Å². The first-order valence-electron chi connectivity index (χ1n) is 7.42. The molecule has 104 valence electrons. The lowest BCUT2D eigenvalue weighted by atomic mass is 9.64. The number of nitrogens with zero attached hydrogens (tertiary/aromatic N) is 2. The van der Waals surface area contributed by atoms with Crippen LogP contribution in [0.5, 0.6) is 0 Å². The maximum atomic E-state index is 6.28. The molecule has 0 spiro atoms. The Labute approximate surface area is 118 Å². The van der Waals surface area contributed by atoms with Gasteiger partial charge in [-0.15, -0.1) is 0 Å². The smallest absolute Gasteiger partial charge is 0.246 e. The summed E-state index contributed by atoms with van der Waals surface area (Å²) in [7, 11) is 0. The molecule has 4 nitrogen and oxygen atoms in total. The summed E-state index contributed by atoms with van der Waals surface area (Å²) in [5.74, 6) is 1.45. The second kappa shape index (κ2) is 4.16. The van der Waals surface area contributed by atoms with Crippen molar-refractivity contribution in [2.45, 2.75) is 49.5 Å². The molecule has 4 rings (SSSR count). The Morgan fingerprint density at radius 2 is 1.70 bits per heavy atom. The number of nitrogens with two attached hydrogens (primary N) is 1. The van der Waals surface area contributed by atoms with Gasteiger partial charge in [-0.3, -0.25) is 0 Å². The molecule has 2 aliphatic rings. The van der Waals surface area contributed by atoms with E-state index >= 15 is 0 Å². The molecule has 1 aromatic heterocycles. The molecule has 1 aromatic carbocycles. The number of rotatable bonds is 3. The Balaban J connectivity index is 1.72. The van der Waals surface area contributed by atoms with Gasteiger partial charge >= 0.3 is 0 Å². The standard InChI is InChI=1S/C16H19N3O/c17-16(10-5-11-16)14-18-13(19-20-14)15(8-4-9-15)12-6-2-1-3-7-12/h1-3,6-7H,4-5,8-11,17H2. The zero-order valence-electron chi connectivity index (χ0n) is 11.5. The average molecular weight is 269 g/mol. The Kier molecular flexibility index (Phi) is 2.51. The lowest BCUT2D eigenvalue weighted by molar-refractivity contribution is 0.180. The van der Waals surface area contributed by atoms with Gasteiger partial charge in [0.05, 0.1) is 11.0 Å². The molecular weight excluding hydrogens is 250 g/mol. The van der Waals surface area contributed by atoms with E-state index in [4.69, 9.17) is 10.3 Å².